The number of hydrogen-bond acceptors (Lipinski definition) is 7. The van der Waals surface area contributed by atoms with E-state index < -0.39 is 5.60 Å². The summed E-state index contributed by atoms with van der Waals surface area (Å²) in [5.41, 5.74) is 2.79. The number of likely N-dealkylation sites (tertiary alicyclic amines) is 2. The second-order valence-electron chi connectivity index (χ2n) is 11.9. The summed E-state index contributed by atoms with van der Waals surface area (Å²) in [7, 11) is 0. The fourth-order valence-electron chi connectivity index (χ4n) is 5.56. The minimum Gasteiger partial charge on any atom is -0.444 e. The van der Waals surface area contributed by atoms with Gasteiger partial charge in [0.25, 0.3) is 5.95 Å². The van der Waals surface area contributed by atoms with Crippen LogP contribution in [0.5, 0.6) is 0 Å². The van der Waals surface area contributed by atoms with Gasteiger partial charge >= 0.3 is 6.09 Å². The van der Waals surface area contributed by atoms with E-state index in [1.807, 2.05) is 30.4 Å². The maximum absolute atomic E-state index is 12.4. The van der Waals surface area contributed by atoms with E-state index in [1.54, 1.807) is 0 Å². The SMILES string of the molecule is Cc1ccc2c(C(C)C)nn(-c3noc(C4CCN(C5CCN(C(=O)OC(C)(C)C)CC5)CC4)n3)c2c1. The third kappa shape index (κ3) is 5.51. The van der Waals surface area contributed by atoms with Crippen molar-refractivity contribution in [1.82, 2.24) is 29.7 Å². The van der Waals surface area contributed by atoms with Crippen LogP contribution in [0.15, 0.2) is 22.7 Å². The Morgan fingerprint density at radius 2 is 1.78 bits per heavy atom. The number of rotatable bonds is 4. The fraction of sp³-hybridized carbons (Fsp3) is 0.643. The Balaban J connectivity index is 1.20. The molecule has 0 atom stereocenters. The molecule has 0 radical (unpaired) electrons. The summed E-state index contributed by atoms with van der Waals surface area (Å²) in [5, 5.41) is 10.3. The average Bonchev–Trinajstić information content (AvgIpc) is 3.48. The van der Waals surface area contributed by atoms with Crippen LogP contribution >= 0.6 is 0 Å². The van der Waals surface area contributed by atoms with E-state index in [2.05, 4.69) is 49.0 Å². The highest BCUT2D eigenvalue weighted by atomic mass is 16.6. The lowest BCUT2D eigenvalue weighted by Gasteiger charge is -2.41. The molecule has 2 saturated heterocycles. The van der Waals surface area contributed by atoms with Gasteiger partial charge in [-0.25, -0.2) is 4.79 Å². The second kappa shape index (κ2) is 10.1. The minimum absolute atomic E-state index is 0.197. The van der Waals surface area contributed by atoms with Crippen LogP contribution in [0.2, 0.25) is 0 Å². The third-order valence-electron chi connectivity index (χ3n) is 7.54. The minimum atomic E-state index is -0.454. The van der Waals surface area contributed by atoms with Crippen molar-refractivity contribution in [3.05, 3.63) is 35.3 Å². The van der Waals surface area contributed by atoms with Crippen molar-refractivity contribution in [2.24, 2.45) is 0 Å². The number of carbonyl (C=O) groups is 1. The van der Waals surface area contributed by atoms with E-state index in [-0.39, 0.29) is 12.0 Å². The van der Waals surface area contributed by atoms with Crippen molar-refractivity contribution in [1.29, 1.82) is 0 Å². The van der Waals surface area contributed by atoms with Gasteiger partial charge in [-0.2, -0.15) is 14.8 Å². The summed E-state index contributed by atoms with van der Waals surface area (Å²) in [6.07, 6.45) is 3.75. The first kappa shape index (κ1) is 25.7. The van der Waals surface area contributed by atoms with Crippen LogP contribution in [-0.4, -0.2) is 73.6 Å². The molecular formula is C28H40N6O3. The molecule has 2 aromatic heterocycles. The molecule has 0 unspecified atom stereocenters. The topological polar surface area (TPSA) is 89.5 Å². The van der Waals surface area contributed by atoms with Crippen molar-refractivity contribution in [3.8, 4) is 5.95 Å². The van der Waals surface area contributed by atoms with Gasteiger partial charge in [0.1, 0.15) is 5.60 Å². The smallest absolute Gasteiger partial charge is 0.410 e. The number of hydrogen-bond donors (Lipinski definition) is 0. The molecule has 0 N–H and O–H groups in total. The Bertz CT molecular complexity index is 1240. The van der Waals surface area contributed by atoms with Crippen LogP contribution in [0, 0.1) is 6.92 Å². The molecule has 5 rings (SSSR count). The highest BCUT2D eigenvalue weighted by Gasteiger charge is 2.33. The zero-order valence-electron chi connectivity index (χ0n) is 23.0. The lowest BCUT2D eigenvalue weighted by Crippen LogP contribution is -2.49. The Labute approximate surface area is 219 Å². The number of fused-ring (bicyclic) bond motifs is 1. The van der Waals surface area contributed by atoms with E-state index in [1.165, 1.54) is 5.56 Å². The summed E-state index contributed by atoms with van der Waals surface area (Å²) in [5.74, 6) is 1.77. The molecular weight excluding hydrogens is 468 g/mol. The number of aromatic nitrogens is 4. The van der Waals surface area contributed by atoms with Crippen molar-refractivity contribution in [3.63, 3.8) is 0 Å². The monoisotopic (exact) mass is 508 g/mol. The molecule has 0 aliphatic carbocycles. The van der Waals surface area contributed by atoms with Crippen molar-refractivity contribution >= 4 is 17.0 Å². The van der Waals surface area contributed by atoms with E-state index in [4.69, 9.17) is 19.3 Å². The van der Waals surface area contributed by atoms with Gasteiger partial charge in [-0.15, -0.1) is 0 Å². The van der Waals surface area contributed by atoms with Gasteiger partial charge in [0.05, 0.1) is 11.2 Å². The molecule has 0 bridgehead atoms. The Morgan fingerprint density at radius 3 is 2.43 bits per heavy atom. The molecule has 3 aromatic rings. The first-order chi connectivity index (χ1) is 17.6. The van der Waals surface area contributed by atoms with Gasteiger partial charge in [0.15, 0.2) is 0 Å². The molecule has 0 saturated carbocycles. The van der Waals surface area contributed by atoms with Gasteiger partial charge in [0, 0.05) is 30.4 Å². The molecule has 1 aromatic carbocycles. The van der Waals surface area contributed by atoms with Crippen LogP contribution in [0.4, 0.5) is 4.79 Å². The first-order valence-corrected chi connectivity index (χ1v) is 13.6. The number of piperidine rings is 2. The molecule has 200 valence electrons. The number of amides is 1. The third-order valence-corrected chi connectivity index (χ3v) is 7.54. The molecule has 0 spiro atoms. The zero-order valence-corrected chi connectivity index (χ0v) is 23.0. The summed E-state index contributed by atoms with van der Waals surface area (Å²) >= 11 is 0. The van der Waals surface area contributed by atoms with Crippen molar-refractivity contribution < 1.29 is 14.1 Å². The molecule has 2 aliphatic rings. The van der Waals surface area contributed by atoms with E-state index in [9.17, 15) is 4.79 Å². The summed E-state index contributed by atoms with van der Waals surface area (Å²) in [6.45, 7) is 15.6. The van der Waals surface area contributed by atoms with Gasteiger partial charge in [-0.05, 0) is 89.2 Å². The average molecular weight is 509 g/mol. The predicted octanol–water partition coefficient (Wildman–Crippen LogP) is 5.42. The normalized spacial score (nSPS) is 18.7. The number of carbonyl (C=O) groups excluding carboxylic acids is 1. The summed E-state index contributed by atoms with van der Waals surface area (Å²) in [4.78, 5) is 21.6. The van der Waals surface area contributed by atoms with Gasteiger partial charge in [-0.1, -0.05) is 26.0 Å². The summed E-state index contributed by atoms with van der Waals surface area (Å²) < 4.78 is 13.1. The maximum Gasteiger partial charge on any atom is 0.410 e. The van der Waals surface area contributed by atoms with Gasteiger partial charge in [0.2, 0.25) is 5.89 Å². The largest absolute Gasteiger partial charge is 0.444 e. The maximum atomic E-state index is 12.4. The first-order valence-electron chi connectivity index (χ1n) is 13.6. The highest BCUT2D eigenvalue weighted by molar-refractivity contribution is 5.84. The fourth-order valence-corrected chi connectivity index (χ4v) is 5.56. The van der Waals surface area contributed by atoms with Crippen molar-refractivity contribution in [2.75, 3.05) is 26.2 Å². The van der Waals surface area contributed by atoms with Crippen LogP contribution in [0.25, 0.3) is 16.9 Å². The quantitative estimate of drug-likeness (QED) is 0.465. The second-order valence-corrected chi connectivity index (χ2v) is 11.9. The van der Waals surface area contributed by atoms with Crippen LogP contribution < -0.4 is 0 Å². The number of nitrogens with zero attached hydrogens (tertiary/aromatic N) is 6. The molecule has 2 fully saturated rings. The number of ether oxygens (including phenoxy) is 1. The van der Waals surface area contributed by atoms with E-state index in [0.717, 1.165) is 68.5 Å². The Morgan fingerprint density at radius 1 is 1.08 bits per heavy atom. The molecule has 37 heavy (non-hydrogen) atoms. The number of aryl methyl sites for hydroxylation is 1. The van der Waals surface area contributed by atoms with Crippen LogP contribution in [0.1, 0.15) is 89.3 Å². The van der Waals surface area contributed by atoms with E-state index >= 15 is 0 Å². The standard InChI is InChI=1S/C28H40N6O3/c1-18(2)24-22-8-7-19(3)17-23(22)34(30-24)26-29-25(37-31-26)20-9-13-32(14-10-20)21-11-15-33(16-12-21)27(35)36-28(4,5)6/h7-8,17-18,20-21H,9-16H2,1-6H3. The lowest BCUT2D eigenvalue weighted by molar-refractivity contribution is 0.0124. The number of benzene rings is 1. The van der Waals surface area contributed by atoms with Crippen LogP contribution in [0.3, 0.4) is 0 Å². The van der Waals surface area contributed by atoms with E-state index in [0.29, 0.717) is 23.8 Å². The highest BCUT2D eigenvalue weighted by Crippen LogP contribution is 2.32. The molecule has 9 heteroatoms. The molecule has 9 nitrogen and oxygen atoms in total. The molecule has 4 heterocycles. The van der Waals surface area contributed by atoms with Crippen LogP contribution in [-0.2, 0) is 4.74 Å². The van der Waals surface area contributed by atoms with Crippen molar-refractivity contribution in [2.45, 2.75) is 90.7 Å². The lowest BCUT2D eigenvalue weighted by atomic mass is 9.93. The zero-order chi connectivity index (χ0) is 26.3. The molecule has 1 amide bonds. The van der Waals surface area contributed by atoms with Gasteiger partial charge < -0.3 is 19.1 Å². The predicted molar refractivity (Wildman–Crippen MR) is 142 cm³/mol. The molecule has 2 aliphatic heterocycles. The Hall–Kier alpha value is -2.94. The summed E-state index contributed by atoms with van der Waals surface area (Å²) in [6, 6.07) is 6.90. The Kier molecular flexibility index (Phi) is 7.00. The van der Waals surface area contributed by atoms with Gasteiger partial charge in [-0.3, -0.25) is 0 Å².